The number of methoxy groups -OCH3 is 1. The Balaban J connectivity index is 2.70. The molecule has 18 heavy (non-hydrogen) atoms. The summed E-state index contributed by atoms with van der Waals surface area (Å²) in [6.07, 6.45) is 8.89. The fraction of sp³-hybridized carbons (Fsp3) is 1.00. The van der Waals surface area contributed by atoms with Crippen LogP contribution in [-0.2, 0) is 4.74 Å². The van der Waals surface area contributed by atoms with Gasteiger partial charge in [-0.25, -0.2) is 0 Å². The van der Waals surface area contributed by atoms with Crippen molar-refractivity contribution in [3.63, 3.8) is 0 Å². The van der Waals surface area contributed by atoms with E-state index in [2.05, 4.69) is 33.1 Å². The second-order valence-electron chi connectivity index (χ2n) is 6.21. The van der Waals surface area contributed by atoms with Gasteiger partial charge >= 0.3 is 0 Å². The third kappa shape index (κ3) is 3.71. The van der Waals surface area contributed by atoms with Crippen molar-refractivity contribution in [2.45, 2.75) is 77.4 Å². The zero-order chi connectivity index (χ0) is 13.6. The van der Waals surface area contributed by atoms with Crippen molar-refractivity contribution in [3.05, 3.63) is 0 Å². The van der Waals surface area contributed by atoms with Crippen molar-refractivity contribution < 1.29 is 4.74 Å². The van der Waals surface area contributed by atoms with Gasteiger partial charge in [0.05, 0.1) is 5.60 Å². The minimum absolute atomic E-state index is 0.0872. The summed E-state index contributed by atoms with van der Waals surface area (Å²) >= 11 is 0. The predicted octanol–water partition coefficient (Wildman–Crippen LogP) is 4.00. The van der Waals surface area contributed by atoms with Crippen molar-refractivity contribution in [1.29, 1.82) is 0 Å². The highest BCUT2D eigenvalue weighted by Crippen LogP contribution is 2.39. The van der Waals surface area contributed by atoms with Crippen molar-refractivity contribution in [2.24, 2.45) is 11.8 Å². The van der Waals surface area contributed by atoms with Gasteiger partial charge in [0, 0.05) is 13.2 Å². The van der Waals surface area contributed by atoms with Crippen LogP contribution in [-0.4, -0.2) is 25.8 Å². The highest BCUT2D eigenvalue weighted by atomic mass is 16.5. The Morgan fingerprint density at radius 3 is 2.17 bits per heavy atom. The Morgan fingerprint density at radius 1 is 1.22 bits per heavy atom. The van der Waals surface area contributed by atoms with Crippen LogP contribution in [0.4, 0.5) is 0 Å². The molecular formula is C16H33NO. The Hall–Kier alpha value is -0.0800. The Labute approximate surface area is 114 Å². The van der Waals surface area contributed by atoms with Gasteiger partial charge in [0.15, 0.2) is 0 Å². The first-order valence-corrected chi connectivity index (χ1v) is 7.84. The first-order chi connectivity index (χ1) is 8.61. The van der Waals surface area contributed by atoms with Crippen LogP contribution in [0.15, 0.2) is 0 Å². The highest BCUT2D eigenvalue weighted by molar-refractivity contribution is 4.96. The van der Waals surface area contributed by atoms with E-state index in [1.54, 1.807) is 0 Å². The quantitative estimate of drug-likeness (QED) is 0.742. The molecule has 0 spiro atoms. The topological polar surface area (TPSA) is 21.3 Å². The fourth-order valence-corrected chi connectivity index (χ4v) is 3.50. The maximum atomic E-state index is 6.01. The van der Waals surface area contributed by atoms with Crippen LogP contribution in [0.2, 0.25) is 0 Å². The normalized spacial score (nSPS) is 30.7. The van der Waals surface area contributed by atoms with Crippen LogP contribution in [0.5, 0.6) is 0 Å². The molecule has 1 atom stereocenters. The summed E-state index contributed by atoms with van der Waals surface area (Å²) in [7, 11) is 4.01. The second kappa shape index (κ2) is 7.49. The monoisotopic (exact) mass is 255 g/mol. The lowest BCUT2D eigenvalue weighted by molar-refractivity contribution is -0.0781. The summed E-state index contributed by atoms with van der Waals surface area (Å²) in [6.45, 7) is 6.99. The first kappa shape index (κ1) is 16.0. The van der Waals surface area contributed by atoms with Crippen molar-refractivity contribution >= 4 is 0 Å². The smallest absolute Gasteiger partial charge is 0.0831 e. The van der Waals surface area contributed by atoms with Gasteiger partial charge in [0.1, 0.15) is 0 Å². The van der Waals surface area contributed by atoms with Gasteiger partial charge in [0.25, 0.3) is 0 Å². The standard InChI is InChI=1S/C16H33NO/c1-6-14(7-2)12-15(17-4)16(18-5)10-8-13(3)9-11-16/h13-15,17H,6-12H2,1-5H3. The molecule has 0 aliphatic heterocycles. The minimum atomic E-state index is 0.0872. The average molecular weight is 255 g/mol. The molecule has 0 radical (unpaired) electrons. The second-order valence-corrected chi connectivity index (χ2v) is 6.21. The maximum absolute atomic E-state index is 6.01. The minimum Gasteiger partial charge on any atom is -0.377 e. The fourth-order valence-electron chi connectivity index (χ4n) is 3.50. The summed E-state index contributed by atoms with van der Waals surface area (Å²) < 4.78 is 6.01. The van der Waals surface area contributed by atoms with Gasteiger partial charge in [-0.3, -0.25) is 0 Å². The zero-order valence-corrected chi connectivity index (χ0v) is 13.1. The van der Waals surface area contributed by atoms with Gasteiger partial charge < -0.3 is 10.1 Å². The van der Waals surface area contributed by atoms with Gasteiger partial charge in [0.2, 0.25) is 0 Å². The van der Waals surface area contributed by atoms with E-state index in [-0.39, 0.29) is 5.60 Å². The van der Waals surface area contributed by atoms with Crippen LogP contribution in [0.3, 0.4) is 0 Å². The number of nitrogens with one attached hydrogen (secondary N) is 1. The van der Waals surface area contributed by atoms with Gasteiger partial charge in [-0.05, 0) is 51.0 Å². The molecule has 1 rings (SSSR count). The number of rotatable bonds is 7. The number of hydrogen-bond acceptors (Lipinski definition) is 2. The summed E-state index contributed by atoms with van der Waals surface area (Å²) in [5, 5.41) is 3.55. The molecule has 2 heteroatoms. The summed E-state index contributed by atoms with van der Waals surface area (Å²) in [5.41, 5.74) is 0.0872. The lowest BCUT2D eigenvalue weighted by Gasteiger charge is -2.45. The zero-order valence-electron chi connectivity index (χ0n) is 13.1. The lowest BCUT2D eigenvalue weighted by atomic mass is 9.72. The molecule has 0 aromatic carbocycles. The van der Waals surface area contributed by atoms with Crippen LogP contribution in [0, 0.1) is 11.8 Å². The van der Waals surface area contributed by atoms with E-state index in [4.69, 9.17) is 4.74 Å². The van der Waals surface area contributed by atoms with E-state index >= 15 is 0 Å². The molecule has 0 aromatic rings. The van der Waals surface area contributed by atoms with E-state index < -0.39 is 0 Å². The number of ether oxygens (including phenoxy) is 1. The van der Waals surface area contributed by atoms with Crippen molar-refractivity contribution in [2.75, 3.05) is 14.2 Å². The molecule has 2 nitrogen and oxygen atoms in total. The molecule has 1 aliphatic rings. The molecular weight excluding hydrogens is 222 g/mol. The molecule has 0 amide bonds. The van der Waals surface area contributed by atoms with Gasteiger partial charge in [-0.15, -0.1) is 0 Å². The van der Waals surface area contributed by atoms with Gasteiger partial charge in [-0.2, -0.15) is 0 Å². The van der Waals surface area contributed by atoms with Gasteiger partial charge in [-0.1, -0.05) is 33.6 Å². The maximum Gasteiger partial charge on any atom is 0.0831 e. The Morgan fingerprint density at radius 2 is 1.78 bits per heavy atom. The third-order valence-corrected chi connectivity index (χ3v) is 5.23. The lowest BCUT2D eigenvalue weighted by Crippen LogP contribution is -2.53. The molecule has 1 unspecified atom stereocenters. The third-order valence-electron chi connectivity index (χ3n) is 5.23. The Kier molecular flexibility index (Phi) is 6.65. The van der Waals surface area contributed by atoms with Crippen LogP contribution in [0.25, 0.3) is 0 Å². The SMILES string of the molecule is CCC(CC)CC(NC)C1(OC)CCC(C)CC1. The van der Waals surface area contributed by atoms with E-state index in [0.29, 0.717) is 6.04 Å². The van der Waals surface area contributed by atoms with E-state index in [1.165, 1.54) is 44.9 Å². The molecule has 0 bridgehead atoms. The molecule has 1 aliphatic carbocycles. The summed E-state index contributed by atoms with van der Waals surface area (Å²) in [4.78, 5) is 0. The van der Waals surface area contributed by atoms with Crippen molar-refractivity contribution in [1.82, 2.24) is 5.32 Å². The van der Waals surface area contributed by atoms with Crippen LogP contribution < -0.4 is 5.32 Å². The number of hydrogen-bond donors (Lipinski definition) is 1. The van der Waals surface area contributed by atoms with E-state index in [0.717, 1.165) is 11.8 Å². The molecule has 0 aromatic heterocycles. The predicted molar refractivity (Wildman–Crippen MR) is 78.9 cm³/mol. The summed E-state index contributed by atoms with van der Waals surface area (Å²) in [5.74, 6) is 1.70. The van der Waals surface area contributed by atoms with Crippen molar-refractivity contribution in [3.8, 4) is 0 Å². The summed E-state index contributed by atoms with van der Waals surface area (Å²) in [6, 6.07) is 0.514. The largest absolute Gasteiger partial charge is 0.377 e. The molecule has 0 heterocycles. The highest BCUT2D eigenvalue weighted by Gasteiger charge is 2.41. The molecule has 0 saturated heterocycles. The molecule has 1 N–H and O–H groups in total. The molecule has 108 valence electrons. The average Bonchev–Trinajstić information content (AvgIpc) is 2.42. The Bertz CT molecular complexity index is 217. The van der Waals surface area contributed by atoms with E-state index in [1.807, 2.05) is 7.11 Å². The molecule has 1 saturated carbocycles. The first-order valence-electron chi connectivity index (χ1n) is 7.84. The van der Waals surface area contributed by atoms with E-state index in [9.17, 15) is 0 Å². The van der Waals surface area contributed by atoms with Crippen LogP contribution in [0.1, 0.15) is 65.7 Å². The van der Waals surface area contributed by atoms with Crippen LogP contribution >= 0.6 is 0 Å². The number of likely N-dealkylation sites (N-methyl/N-ethyl adjacent to an activating group) is 1. The molecule has 1 fully saturated rings.